The molecule has 1 aliphatic heterocycles. The Balaban J connectivity index is 2.21. The van der Waals surface area contributed by atoms with E-state index in [9.17, 15) is 35.6 Å². The number of nitro benzene ring substituents is 1. The molecule has 0 amide bonds. The third-order valence-corrected chi connectivity index (χ3v) is 3.42. The Labute approximate surface area is 128 Å². The van der Waals surface area contributed by atoms with E-state index in [4.69, 9.17) is 14.6 Å². The molecule has 128 valence electrons. The molecular formula is C12H15NO10. The lowest BCUT2D eigenvalue weighted by molar-refractivity contribution is -0.465. The van der Waals surface area contributed by atoms with Gasteiger partial charge in [-0.25, -0.2) is 0 Å². The number of non-ortho nitro benzene ring substituents is 1. The summed E-state index contributed by atoms with van der Waals surface area (Å²) in [4.78, 5) is 9.90. The first kappa shape index (κ1) is 17.5. The van der Waals surface area contributed by atoms with Crippen LogP contribution in [0, 0.1) is 10.1 Å². The zero-order valence-corrected chi connectivity index (χ0v) is 11.5. The summed E-state index contributed by atoms with van der Waals surface area (Å²) in [6.07, 6.45) is -5.98. The smallest absolute Gasteiger partial charge is 0.269 e. The van der Waals surface area contributed by atoms with Crippen molar-refractivity contribution in [3.05, 3.63) is 34.4 Å². The van der Waals surface area contributed by atoms with Crippen molar-refractivity contribution in [3.8, 4) is 5.75 Å². The predicted octanol–water partition coefficient (Wildman–Crippen LogP) is -2.59. The predicted molar refractivity (Wildman–Crippen MR) is 69.8 cm³/mol. The van der Waals surface area contributed by atoms with Gasteiger partial charge in [0.2, 0.25) is 6.29 Å². The van der Waals surface area contributed by atoms with Gasteiger partial charge in [0.25, 0.3) is 17.3 Å². The molecule has 11 heteroatoms. The van der Waals surface area contributed by atoms with E-state index in [1.54, 1.807) is 0 Å². The molecular weight excluding hydrogens is 318 g/mol. The van der Waals surface area contributed by atoms with Crippen LogP contribution < -0.4 is 4.74 Å². The number of hydrogen-bond acceptors (Lipinski definition) is 10. The van der Waals surface area contributed by atoms with Crippen molar-refractivity contribution in [1.29, 1.82) is 0 Å². The normalized spacial score (nSPS) is 29.0. The maximum Gasteiger partial charge on any atom is 0.269 e. The third kappa shape index (κ3) is 2.98. The molecule has 0 spiro atoms. The lowest BCUT2D eigenvalue weighted by Gasteiger charge is -2.48. The summed E-state index contributed by atoms with van der Waals surface area (Å²) >= 11 is 0. The largest absolute Gasteiger partial charge is 0.462 e. The summed E-state index contributed by atoms with van der Waals surface area (Å²) in [6, 6.07) is 4.53. The standard InChI is InChI=1S/C12H15NO10/c14-5-8-11(16,17)12(18,19)9(15)10(23-8)22-7-3-1-6(2-4-7)13(20)21/h1-4,8-10,14-19H,5H2/t8-,9+,10-/m1/s1. The Morgan fingerprint density at radius 1 is 1.17 bits per heavy atom. The summed E-state index contributed by atoms with van der Waals surface area (Å²) < 4.78 is 10.0. The molecule has 0 unspecified atom stereocenters. The molecule has 6 N–H and O–H groups in total. The number of aliphatic hydroxyl groups excluding tert-OH is 2. The molecule has 0 aliphatic carbocycles. The maximum atomic E-state index is 10.5. The highest BCUT2D eigenvalue weighted by atomic mass is 16.7. The highest BCUT2D eigenvalue weighted by molar-refractivity contribution is 5.36. The van der Waals surface area contributed by atoms with Gasteiger partial charge in [0.05, 0.1) is 11.5 Å². The number of nitrogens with zero attached hydrogens (tertiary/aromatic N) is 1. The number of nitro groups is 1. The zero-order valence-electron chi connectivity index (χ0n) is 11.5. The van der Waals surface area contributed by atoms with Crippen LogP contribution in [-0.2, 0) is 4.74 Å². The Kier molecular flexibility index (Phi) is 4.54. The zero-order chi connectivity index (χ0) is 17.4. The molecule has 0 radical (unpaired) electrons. The highest BCUT2D eigenvalue weighted by Gasteiger charge is 2.65. The van der Waals surface area contributed by atoms with Crippen molar-refractivity contribution in [2.24, 2.45) is 0 Å². The van der Waals surface area contributed by atoms with Crippen LogP contribution in [0.5, 0.6) is 5.75 Å². The van der Waals surface area contributed by atoms with Gasteiger partial charge in [-0.2, -0.15) is 0 Å². The topological polar surface area (TPSA) is 183 Å². The van der Waals surface area contributed by atoms with Crippen molar-refractivity contribution in [2.75, 3.05) is 6.61 Å². The van der Waals surface area contributed by atoms with Gasteiger partial charge in [0, 0.05) is 12.1 Å². The van der Waals surface area contributed by atoms with Crippen LogP contribution >= 0.6 is 0 Å². The molecule has 2 rings (SSSR count). The molecule has 0 saturated carbocycles. The van der Waals surface area contributed by atoms with Crippen LogP contribution in [0.25, 0.3) is 0 Å². The molecule has 0 aromatic heterocycles. The van der Waals surface area contributed by atoms with Gasteiger partial charge in [0.1, 0.15) is 11.9 Å². The number of hydrogen-bond donors (Lipinski definition) is 6. The Hall–Kier alpha value is -1.86. The van der Waals surface area contributed by atoms with Crippen LogP contribution in [0.1, 0.15) is 0 Å². The summed E-state index contributed by atoms with van der Waals surface area (Å²) in [5.74, 6) is -6.84. The minimum absolute atomic E-state index is 0.0319. The van der Waals surface area contributed by atoms with Gasteiger partial charge >= 0.3 is 0 Å². The molecule has 1 fully saturated rings. The van der Waals surface area contributed by atoms with E-state index in [0.29, 0.717) is 0 Å². The Morgan fingerprint density at radius 2 is 1.74 bits per heavy atom. The van der Waals surface area contributed by atoms with Crippen LogP contribution in [0.2, 0.25) is 0 Å². The van der Waals surface area contributed by atoms with E-state index < -0.39 is 41.6 Å². The monoisotopic (exact) mass is 333 g/mol. The van der Waals surface area contributed by atoms with Gasteiger partial charge in [-0.3, -0.25) is 10.1 Å². The fourth-order valence-electron chi connectivity index (χ4n) is 2.02. The second-order valence-corrected chi connectivity index (χ2v) is 4.94. The highest BCUT2D eigenvalue weighted by Crippen LogP contribution is 2.35. The summed E-state index contributed by atoms with van der Waals surface area (Å²) in [5.41, 5.74) is -0.223. The number of benzene rings is 1. The first-order valence-electron chi connectivity index (χ1n) is 6.36. The van der Waals surface area contributed by atoms with E-state index in [2.05, 4.69) is 0 Å². The van der Waals surface area contributed by atoms with Crippen molar-refractivity contribution >= 4 is 5.69 Å². The number of aliphatic hydroxyl groups is 6. The Bertz CT molecular complexity index is 572. The maximum absolute atomic E-state index is 10.5. The van der Waals surface area contributed by atoms with Gasteiger partial charge < -0.3 is 40.1 Å². The van der Waals surface area contributed by atoms with Crippen molar-refractivity contribution in [3.63, 3.8) is 0 Å². The molecule has 3 atom stereocenters. The molecule has 1 saturated heterocycles. The fourth-order valence-corrected chi connectivity index (χ4v) is 2.02. The molecule has 1 aromatic rings. The van der Waals surface area contributed by atoms with Crippen LogP contribution in [0.4, 0.5) is 5.69 Å². The van der Waals surface area contributed by atoms with Gasteiger partial charge in [-0.1, -0.05) is 0 Å². The van der Waals surface area contributed by atoms with Gasteiger partial charge in [-0.15, -0.1) is 0 Å². The van der Waals surface area contributed by atoms with Crippen molar-refractivity contribution in [1.82, 2.24) is 0 Å². The Morgan fingerprint density at radius 3 is 2.22 bits per heavy atom. The summed E-state index contributed by atoms with van der Waals surface area (Å²) in [7, 11) is 0. The summed E-state index contributed by atoms with van der Waals surface area (Å²) in [5, 5.41) is 67.9. The fraction of sp³-hybridized carbons (Fsp3) is 0.500. The third-order valence-electron chi connectivity index (χ3n) is 3.42. The minimum atomic E-state index is -3.45. The van der Waals surface area contributed by atoms with Crippen LogP contribution in [0.15, 0.2) is 24.3 Å². The summed E-state index contributed by atoms with van der Waals surface area (Å²) in [6.45, 7) is -1.01. The first-order valence-corrected chi connectivity index (χ1v) is 6.36. The first-order chi connectivity index (χ1) is 10.6. The average Bonchev–Trinajstić information content (AvgIpc) is 2.49. The van der Waals surface area contributed by atoms with Crippen LogP contribution in [-0.4, -0.2) is 72.2 Å². The minimum Gasteiger partial charge on any atom is -0.462 e. The average molecular weight is 333 g/mol. The van der Waals surface area contributed by atoms with Crippen molar-refractivity contribution in [2.45, 2.75) is 30.1 Å². The van der Waals surface area contributed by atoms with E-state index in [1.807, 2.05) is 0 Å². The second-order valence-electron chi connectivity index (χ2n) is 4.94. The SMILES string of the molecule is O=[N+]([O-])c1ccc(O[C@@H]2O[C@H](CO)C(O)(O)C(O)(O)[C@H]2O)cc1. The molecule has 1 heterocycles. The van der Waals surface area contributed by atoms with E-state index in [-0.39, 0.29) is 11.4 Å². The molecule has 23 heavy (non-hydrogen) atoms. The molecule has 1 aromatic carbocycles. The molecule has 11 nitrogen and oxygen atoms in total. The van der Waals surface area contributed by atoms with E-state index in [0.717, 1.165) is 12.1 Å². The lowest BCUT2D eigenvalue weighted by atomic mass is 9.91. The molecule has 0 bridgehead atoms. The number of ether oxygens (including phenoxy) is 2. The van der Waals surface area contributed by atoms with E-state index in [1.165, 1.54) is 12.1 Å². The van der Waals surface area contributed by atoms with E-state index >= 15 is 0 Å². The van der Waals surface area contributed by atoms with Crippen molar-refractivity contribution < 1.29 is 45.0 Å². The second kappa shape index (κ2) is 5.98. The molecule has 1 aliphatic rings. The van der Waals surface area contributed by atoms with Gasteiger partial charge in [0.15, 0.2) is 6.10 Å². The quantitative estimate of drug-likeness (QED) is 0.194. The van der Waals surface area contributed by atoms with Gasteiger partial charge in [-0.05, 0) is 12.1 Å². The van der Waals surface area contributed by atoms with Crippen LogP contribution in [0.3, 0.4) is 0 Å². The lowest BCUT2D eigenvalue weighted by Crippen LogP contribution is -2.75. The number of rotatable bonds is 4.